The fourth-order valence-corrected chi connectivity index (χ4v) is 1.14. The number of halogens is 2. The maximum absolute atomic E-state index is 2.73. The van der Waals surface area contributed by atoms with Crippen molar-refractivity contribution in [1.29, 1.82) is 0 Å². The highest BCUT2D eigenvalue weighted by atomic mass is 79.9. The lowest BCUT2D eigenvalue weighted by atomic mass is 10.2. The molecule has 1 rings (SSSR count). The van der Waals surface area contributed by atoms with Crippen LogP contribution < -0.4 is 0 Å². The first-order valence-corrected chi connectivity index (χ1v) is 5.33. The number of nitrogens with zero attached hydrogens (tertiary/aromatic N) is 1. The summed E-state index contributed by atoms with van der Waals surface area (Å²) in [5.74, 6) is 0. The zero-order chi connectivity index (χ0) is 10.1. The topological polar surface area (TPSA) is 3.24 Å². The molecule has 1 nitrogen and oxygen atoms in total. The lowest BCUT2D eigenvalue weighted by molar-refractivity contribution is 0.505. The third kappa shape index (κ3) is 17.2. The van der Waals surface area contributed by atoms with Crippen molar-refractivity contribution in [2.45, 2.75) is 6.42 Å². The van der Waals surface area contributed by atoms with Gasteiger partial charge in [0.25, 0.3) is 0 Å². The third-order valence-electron chi connectivity index (χ3n) is 1.28. The minimum absolute atomic E-state index is 0. The molecule has 0 saturated carbocycles. The van der Waals surface area contributed by atoms with Gasteiger partial charge in [-0.05, 0) is 39.3 Å². The molecule has 0 bridgehead atoms. The van der Waals surface area contributed by atoms with Crippen molar-refractivity contribution in [3.63, 3.8) is 0 Å². The lowest BCUT2D eigenvalue weighted by Gasteiger charge is -1.93. The maximum Gasteiger partial charge on any atom is -0.0140 e. The van der Waals surface area contributed by atoms with Crippen molar-refractivity contribution in [3.05, 3.63) is 35.9 Å². The second kappa shape index (κ2) is 14.6. The van der Waals surface area contributed by atoms with Gasteiger partial charge in [-0.15, -0.1) is 43.2 Å². The zero-order valence-electron chi connectivity index (χ0n) is 9.64. The number of rotatable bonds is 2. The molecule has 4 heteroatoms. The minimum atomic E-state index is 0. The van der Waals surface area contributed by atoms with E-state index in [1.807, 2.05) is 32.1 Å². The van der Waals surface area contributed by atoms with Gasteiger partial charge in [-0.25, -0.2) is 0 Å². The Morgan fingerprint density at radius 1 is 1.00 bits per heavy atom. The Kier molecular flexibility index (Phi) is 20.3. The molecule has 0 N–H and O–H groups in total. The van der Waals surface area contributed by atoms with Gasteiger partial charge in [0.15, 0.2) is 0 Å². The largest absolute Gasteiger partial charge is 0.312 e. The lowest BCUT2D eigenvalue weighted by Crippen LogP contribution is -1.99. The minimum Gasteiger partial charge on any atom is -0.312 e. The van der Waals surface area contributed by atoms with Crippen molar-refractivity contribution in [1.82, 2.24) is 4.90 Å². The van der Waals surface area contributed by atoms with Crippen LogP contribution in [0.4, 0.5) is 0 Å². The van der Waals surface area contributed by atoms with E-state index in [4.69, 9.17) is 0 Å². The summed E-state index contributed by atoms with van der Waals surface area (Å²) in [5.41, 5.74) is 1.42. The molecule has 15 heavy (non-hydrogen) atoms. The van der Waals surface area contributed by atoms with E-state index < -0.39 is 0 Å². The molecule has 0 spiro atoms. The molecule has 1 atom stereocenters. The van der Waals surface area contributed by atoms with Gasteiger partial charge in [0.1, 0.15) is 0 Å². The van der Waals surface area contributed by atoms with E-state index in [0.29, 0.717) is 0 Å². The molecule has 0 aliphatic carbocycles. The first kappa shape index (κ1) is 20.9. The van der Waals surface area contributed by atoms with Crippen molar-refractivity contribution >= 4 is 43.2 Å². The molecule has 0 aromatic heterocycles. The Morgan fingerprint density at radius 3 is 1.73 bits per heavy atom. The monoisotopic (exact) mass is 357 g/mol. The first-order chi connectivity index (χ1) is 6.16. The molecule has 0 radical (unpaired) electrons. The highest BCUT2D eigenvalue weighted by molar-refractivity contribution is 8.93. The van der Waals surface area contributed by atoms with E-state index in [1.54, 1.807) is 0 Å². The normalized spacial score (nSPS) is 8.07. The van der Waals surface area contributed by atoms with Crippen molar-refractivity contribution < 1.29 is 0 Å². The average molecular weight is 359 g/mol. The van der Waals surface area contributed by atoms with E-state index >= 15 is 0 Å². The van der Waals surface area contributed by atoms with Crippen LogP contribution in [0.25, 0.3) is 0 Å². The van der Waals surface area contributed by atoms with Crippen LogP contribution >= 0.6 is 43.2 Å². The van der Waals surface area contributed by atoms with Crippen LogP contribution in [-0.2, 0) is 6.42 Å². The molecule has 0 heterocycles. The van der Waals surface area contributed by atoms with Crippen molar-refractivity contribution in [2.75, 3.05) is 27.3 Å². The molecule has 0 saturated heterocycles. The van der Waals surface area contributed by atoms with Crippen LogP contribution in [0.3, 0.4) is 0 Å². The molecule has 0 aliphatic heterocycles. The van der Waals surface area contributed by atoms with Crippen LogP contribution in [0.15, 0.2) is 30.3 Å². The Balaban J connectivity index is -0.000000213. The molecular formula is C11H22Br2NP. The fraction of sp³-hybridized carbons (Fsp3) is 0.455. The average Bonchev–Trinajstić information content (AvgIpc) is 2.06. The van der Waals surface area contributed by atoms with Gasteiger partial charge in [-0.2, -0.15) is 0 Å². The van der Waals surface area contributed by atoms with E-state index in [1.165, 1.54) is 12.0 Å². The highest BCUT2D eigenvalue weighted by Gasteiger charge is 1.84. The molecule has 0 aliphatic rings. The molecular weight excluding hydrogens is 337 g/mol. The summed E-state index contributed by atoms with van der Waals surface area (Å²) in [6.45, 7) is 0. The van der Waals surface area contributed by atoms with Gasteiger partial charge < -0.3 is 4.90 Å². The van der Waals surface area contributed by atoms with Gasteiger partial charge in [-0.3, -0.25) is 0 Å². The van der Waals surface area contributed by atoms with Gasteiger partial charge >= 0.3 is 0 Å². The smallest absolute Gasteiger partial charge is 0.0140 e. The predicted octanol–water partition coefficient (Wildman–Crippen LogP) is 3.44. The highest BCUT2D eigenvalue weighted by Crippen LogP contribution is 2.00. The number of hydrogen-bond acceptors (Lipinski definition) is 1. The second-order valence-corrected chi connectivity index (χ2v) is 3.94. The van der Waals surface area contributed by atoms with Crippen molar-refractivity contribution in [2.24, 2.45) is 0 Å². The first-order valence-electron chi connectivity index (χ1n) is 4.51. The van der Waals surface area contributed by atoms with Gasteiger partial charge in [0.2, 0.25) is 0 Å². The predicted molar refractivity (Wildman–Crippen MR) is 85.0 cm³/mol. The Bertz CT molecular complexity index is 202. The van der Waals surface area contributed by atoms with Crippen LogP contribution in [0.2, 0.25) is 0 Å². The molecule has 90 valence electrons. The molecule has 0 amide bonds. The van der Waals surface area contributed by atoms with E-state index in [2.05, 4.69) is 33.5 Å². The molecule has 1 aromatic carbocycles. The maximum atomic E-state index is 2.73. The molecule has 1 unspecified atom stereocenters. The van der Waals surface area contributed by atoms with E-state index in [0.717, 1.165) is 6.16 Å². The standard InChI is InChI=1S/C8H11P.C3H9N.2BrH/c9-7-6-8-4-2-1-3-5-8;1-4(2)3;;/h1-5H,6-7,9H2;1-3H3;2*1H. The number of aryl methyl sites for hydroxylation is 1. The molecule has 1 aromatic rings. The summed E-state index contributed by atoms with van der Waals surface area (Å²) >= 11 is 0. The Labute approximate surface area is 117 Å². The van der Waals surface area contributed by atoms with Crippen LogP contribution in [0, 0.1) is 0 Å². The van der Waals surface area contributed by atoms with Crippen LogP contribution in [-0.4, -0.2) is 32.2 Å². The van der Waals surface area contributed by atoms with Gasteiger partial charge in [0, 0.05) is 0 Å². The molecule has 0 fully saturated rings. The summed E-state index contributed by atoms with van der Waals surface area (Å²) in [6, 6.07) is 10.5. The van der Waals surface area contributed by atoms with Crippen LogP contribution in [0.5, 0.6) is 0 Å². The van der Waals surface area contributed by atoms with Crippen LogP contribution in [0.1, 0.15) is 5.56 Å². The summed E-state index contributed by atoms with van der Waals surface area (Å²) in [4.78, 5) is 2.00. The summed E-state index contributed by atoms with van der Waals surface area (Å²) in [7, 11) is 8.73. The zero-order valence-corrected chi connectivity index (χ0v) is 14.2. The quantitative estimate of drug-likeness (QED) is 0.732. The second-order valence-electron chi connectivity index (χ2n) is 3.37. The summed E-state index contributed by atoms with van der Waals surface area (Å²) in [6.07, 6.45) is 2.33. The number of hydrogen-bond donors (Lipinski definition) is 0. The third-order valence-corrected chi connectivity index (χ3v) is 1.56. The van der Waals surface area contributed by atoms with E-state index in [9.17, 15) is 0 Å². The van der Waals surface area contributed by atoms with Gasteiger partial charge in [-0.1, -0.05) is 30.3 Å². The van der Waals surface area contributed by atoms with E-state index in [-0.39, 0.29) is 34.0 Å². The summed E-state index contributed by atoms with van der Waals surface area (Å²) in [5, 5.41) is 0. The Hall–Kier alpha value is 0.570. The Morgan fingerprint density at radius 2 is 1.40 bits per heavy atom. The van der Waals surface area contributed by atoms with Gasteiger partial charge in [0.05, 0.1) is 0 Å². The van der Waals surface area contributed by atoms with Crippen molar-refractivity contribution in [3.8, 4) is 0 Å². The summed E-state index contributed by atoms with van der Waals surface area (Å²) < 4.78 is 0. The fourth-order valence-electron chi connectivity index (χ4n) is 0.811. The number of benzene rings is 1. The SMILES string of the molecule is Br.Br.CN(C)C.PCCc1ccccc1.